The average molecular weight is 191 g/mol. The standard InChI is InChI=1S/C13H21N/c1-13(2,3)14(4)11-10-12-8-6-5-7-9-12/h5-9H,10-11H2,1-4H3. The van der Waals surface area contributed by atoms with Gasteiger partial charge < -0.3 is 4.90 Å². The summed E-state index contributed by atoms with van der Waals surface area (Å²) in [5.41, 5.74) is 1.69. The minimum atomic E-state index is 0.273. The second-order valence-electron chi connectivity index (χ2n) is 4.83. The minimum absolute atomic E-state index is 0.273. The van der Waals surface area contributed by atoms with Crippen LogP contribution in [0.15, 0.2) is 30.3 Å². The molecular weight excluding hydrogens is 170 g/mol. The third-order valence-electron chi connectivity index (χ3n) is 2.72. The van der Waals surface area contributed by atoms with Gasteiger partial charge in [-0.15, -0.1) is 0 Å². The van der Waals surface area contributed by atoms with Gasteiger partial charge in [0, 0.05) is 12.1 Å². The summed E-state index contributed by atoms with van der Waals surface area (Å²) in [5, 5.41) is 0. The van der Waals surface area contributed by atoms with E-state index in [0.717, 1.165) is 13.0 Å². The van der Waals surface area contributed by atoms with Crippen LogP contribution in [0.3, 0.4) is 0 Å². The zero-order chi connectivity index (χ0) is 10.6. The fourth-order valence-corrected chi connectivity index (χ4v) is 1.28. The van der Waals surface area contributed by atoms with Gasteiger partial charge in [0.2, 0.25) is 0 Å². The van der Waals surface area contributed by atoms with Crippen molar-refractivity contribution < 1.29 is 0 Å². The van der Waals surface area contributed by atoms with Crippen molar-refractivity contribution in [2.45, 2.75) is 32.7 Å². The highest BCUT2D eigenvalue weighted by molar-refractivity contribution is 5.14. The van der Waals surface area contributed by atoms with Gasteiger partial charge >= 0.3 is 0 Å². The number of nitrogens with zero attached hydrogens (tertiary/aromatic N) is 1. The topological polar surface area (TPSA) is 3.24 Å². The van der Waals surface area contributed by atoms with Gasteiger partial charge in [0.05, 0.1) is 0 Å². The quantitative estimate of drug-likeness (QED) is 0.710. The van der Waals surface area contributed by atoms with E-state index in [2.05, 4.69) is 63.1 Å². The third kappa shape index (κ3) is 3.51. The van der Waals surface area contributed by atoms with Crippen LogP contribution < -0.4 is 0 Å². The summed E-state index contributed by atoms with van der Waals surface area (Å²) in [6.07, 6.45) is 1.13. The van der Waals surface area contributed by atoms with E-state index in [-0.39, 0.29) is 5.54 Å². The van der Waals surface area contributed by atoms with E-state index in [1.165, 1.54) is 5.56 Å². The van der Waals surface area contributed by atoms with E-state index >= 15 is 0 Å². The van der Waals surface area contributed by atoms with Crippen molar-refractivity contribution in [1.82, 2.24) is 4.90 Å². The van der Waals surface area contributed by atoms with E-state index in [9.17, 15) is 0 Å². The lowest BCUT2D eigenvalue weighted by Gasteiger charge is -2.31. The summed E-state index contributed by atoms with van der Waals surface area (Å²) >= 11 is 0. The van der Waals surface area contributed by atoms with Crippen molar-refractivity contribution in [3.05, 3.63) is 35.9 Å². The molecule has 0 N–H and O–H groups in total. The molecule has 78 valence electrons. The highest BCUT2D eigenvalue weighted by atomic mass is 15.1. The Kier molecular flexibility index (Phi) is 3.70. The van der Waals surface area contributed by atoms with Crippen molar-refractivity contribution in [2.24, 2.45) is 0 Å². The van der Waals surface area contributed by atoms with Crippen LogP contribution in [0.2, 0.25) is 0 Å². The van der Waals surface area contributed by atoms with Gasteiger partial charge in [0.25, 0.3) is 0 Å². The van der Waals surface area contributed by atoms with Crippen molar-refractivity contribution in [2.75, 3.05) is 13.6 Å². The number of hydrogen-bond acceptors (Lipinski definition) is 1. The maximum Gasteiger partial charge on any atom is 0.0122 e. The van der Waals surface area contributed by atoms with Gasteiger partial charge in [-0.1, -0.05) is 30.3 Å². The van der Waals surface area contributed by atoms with E-state index < -0.39 is 0 Å². The lowest BCUT2D eigenvalue weighted by atomic mass is 10.1. The van der Waals surface area contributed by atoms with Crippen molar-refractivity contribution >= 4 is 0 Å². The van der Waals surface area contributed by atoms with Gasteiger partial charge in [-0.2, -0.15) is 0 Å². The fourth-order valence-electron chi connectivity index (χ4n) is 1.28. The monoisotopic (exact) mass is 191 g/mol. The number of hydrogen-bond donors (Lipinski definition) is 0. The molecule has 1 nitrogen and oxygen atoms in total. The number of benzene rings is 1. The molecule has 0 aliphatic heterocycles. The molecule has 0 bridgehead atoms. The van der Waals surface area contributed by atoms with Gasteiger partial charge in [-0.3, -0.25) is 0 Å². The van der Waals surface area contributed by atoms with Gasteiger partial charge in [-0.05, 0) is 39.8 Å². The molecule has 0 saturated heterocycles. The first kappa shape index (κ1) is 11.3. The zero-order valence-corrected chi connectivity index (χ0v) is 9.75. The van der Waals surface area contributed by atoms with E-state index in [1.807, 2.05) is 0 Å². The number of rotatable bonds is 3. The Bertz CT molecular complexity index is 258. The molecule has 0 saturated carbocycles. The molecule has 1 aromatic carbocycles. The number of likely N-dealkylation sites (N-methyl/N-ethyl adjacent to an activating group) is 1. The van der Waals surface area contributed by atoms with Crippen LogP contribution in [-0.4, -0.2) is 24.0 Å². The molecule has 0 radical (unpaired) electrons. The predicted octanol–water partition coefficient (Wildman–Crippen LogP) is 2.96. The molecule has 0 amide bonds. The lowest BCUT2D eigenvalue weighted by Crippen LogP contribution is -2.39. The second-order valence-corrected chi connectivity index (χ2v) is 4.83. The Balaban J connectivity index is 2.42. The van der Waals surface area contributed by atoms with Crippen LogP contribution in [0.1, 0.15) is 26.3 Å². The average Bonchev–Trinajstić information content (AvgIpc) is 2.14. The molecule has 0 aliphatic rings. The van der Waals surface area contributed by atoms with Gasteiger partial charge in [-0.25, -0.2) is 0 Å². The highest BCUT2D eigenvalue weighted by Crippen LogP contribution is 2.11. The first-order valence-electron chi connectivity index (χ1n) is 5.25. The summed E-state index contributed by atoms with van der Waals surface area (Å²) in [7, 11) is 2.18. The molecule has 0 aromatic heterocycles. The normalized spacial score (nSPS) is 12.1. The first-order chi connectivity index (χ1) is 6.50. The Morgan fingerprint density at radius 1 is 1.07 bits per heavy atom. The van der Waals surface area contributed by atoms with Crippen molar-refractivity contribution in [1.29, 1.82) is 0 Å². The second kappa shape index (κ2) is 4.61. The predicted molar refractivity (Wildman–Crippen MR) is 62.5 cm³/mol. The van der Waals surface area contributed by atoms with Crippen LogP contribution >= 0.6 is 0 Å². The molecular formula is C13H21N. The molecule has 14 heavy (non-hydrogen) atoms. The zero-order valence-electron chi connectivity index (χ0n) is 9.75. The summed E-state index contributed by atoms with van der Waals surface area (Å²) in [4.78, 5) is 2.39. The van der Waals surface area contributed by atoms with Crippen LogP contribution in [0, 0.1) is 0 Å². The summed E-state index contributed by atoms with van der Waals surface area (Å²) in [5.74, 6) is 0. The molecule has 0 aliphatic carbocycles. The Labute approximate surface area is 87.7 Å². The van der Waals surface area contributed by atoms with Crippen LogP contribution in [-0.2, 0) is 6.42 Å². The molecule has 1 rings (SSSR count). The Hall–Kier alpha value is -0.820. The summed E-state index contributed by atoms with van der Waals surface area (Å²) < 4.78 is 0. The first-order valence-corrected chi connectivity index (χ1v) is 5.25. The molecule has 0 heterocycles. The van der Waals surface area contributed by atoms with E-state index in [1.54, 1.807) is 0 Å². The molecule has 1 aromatic rings. The van der Waals surface area contributed by atoms with E-state index in [4.69, 9.17) is 0 Å². The molecule has 1 heteroatoms. The molecule has 0 fully saturated rings. The van der Waals surface area contributed by atoms with Crippen LogP contribution in [0.25, 0.3) is 0 Å². The maximum absolute atomic E-state index is 2.39. The fraction of sp³-hybridized carbons (Fsp3) is 0.538. The minimum Gasteiger partial charge on any atom is -0.301 e. The Morgan fingerprint density at radius 2 is 1.64 bits per heavy atom. The summed E-state index contributed by atoms with van der Waals surface area (Å²) in [6.45, 7) is 7.86. The largest absolute Gasteiger partial charge is 0.301 e. The summed E-state index contributed by atoms with van der Waals surface area (Å²) in [6, 6.07) is 10.7. The lowest BCUT2D eigenvalue weighted by molar-refractivity contribution is 0.178. The van der Waals surface area contributed by atoms with Crippen molar-refractivity contribution in [3.63, 3.8) is 0 Å². The SMILES string of the molecule is CN(CCc1ccccc1)C(C)(C)C. The van der Waals surface area contributed by atoms with Crippen molar-refractivity contribution in [3.8, 4) is 0 Å². The van der Waals surface area contributed by atoms with E-state index in [0.29, 0.717) is 0 Å². The Morgan fingerprint density at radius 3 is 2.14 bits per heavy atom. The smallest absolute Gasteiger partial charge is 0.0122 e. The van der Waals surface area contributed by atoms with Gasteiger partial charge in [0.1, 0.15) is 0 Å². The molecule has 0 unspecified atom stereocenters. The van der Waals surface area contributed by atoms with Crippen LogP contribution in [0.4, 0.5) is 0 Å². The third-order valence-corrected chi connectivity index (χ3v) is 2.72. The molecule has 0 atom stereocenters. The van der Waals surface area contributed by atoms with Gasteiger partial charge in [0.15, 0.2) is 0 Å². The highest BCUT2D eigenvalue weighted by Gasteiger charge is 2.15. The van der Waals surface area contributed by atoms with Crippen LogP contribution in [0.5, 0.6) is 0 Å². The maximum atomic E-state index is 2.39. The molecule has 0 spiro atoms.